The fraction of sp³-hybridized carbons (Fsp3) is 0.500. The van der Waals surface area contributed by atoms with Gasteiger partial charge in [-0.1, -0.05) is 0 Å². The third-order valence-corrected chi connectivity index (χ3v) is 3.07. The molecule has 1 unspecified atom stereocenters. The van der Waals surface area contributed by atoms with Crippen molar-refractivity contribution in [1.29, 1.82) is 0 Å². The molecule has 0 amide bonds. The second-order valence-electron chi connectivity index (χ2n) is 5.37. The lowest BCUT2D eigenvalue weighted by molar-refractivity contribution is -0.141. The highest BCUT2D eigenvalue weighted by Crippen LogP contribution is 2.28. The van der Waals surface area contributed by atoms with E-state index in [0.717, 1.165) is 17.5 Å². The molecule has 2 aromatic heterocycles. The number of nitrogens with zero attached hydrogens (tertiary/aromatic N) is 4. The predicted molar refractivity (Wildman–Crippen MR) is 76.6 cm³/mol. The number of hydrogen-bond donors (Lipinski definition) is 1. The van der Waals surface area contributed by atoms with Crippen molar-refractivity contribution in [3.63, 3.8) is 0 Å². The van der Waals surface area contributed by atoms with Gasteiger partial charge in [0.2, 0.25) is 5.95 Å². The van der Waals surface area contributed by atoms with E-state index >= 15 is 0 Å². The van der Waals surface area contributed by atoms with E-state index in [1.165, 1.54) is 6.92 Å². The quantitative estimate of drug-likeness (QED) is 0.942. The van der Waals surface area contributed by atoms with Crippen molar-refractivity contribution in [3.05, 3.63) is 34.9 Å². The van der Waals surface area contributed by atoms with E-state index in [0.29, 0.717) is 6.54 Å². The summed E-state index contributed by atoms with van der Waals surface area (Å²) in [6, 6.07) is 2.70. The summed E-state index contributed by atoms with van der Waals surface area (Å²) in [5.41, 5.74) is 1.21. The largest absolute Gasteiger partial charge is 0.433 e. The van der Waals surface area contributed by atoms with Crippen molar-refractivity contribution in [2.24, 2.45) is 0 Å². The summed E-state index contributed by atoms with van der Waals surface area (Å²) in [5.74, 6) is -0.0265. The molecule has 2 rings (SSSR count). The van der Waals surface area contributed by atoms with Gasteiger partial charge in [0.25, 0.3) is 0 Å². The van der Waals surface area contributed by atoms with Gasteiger partial charge < -0.3 is 5.32 Å². The van der Waals surface area contributed by atoms with E-state index in [-0.39, 0.29) is 17.7 Å². The van der Waals surface area contributed by atoms with Crippen LogP contribution in [-0.4, -0.2) is 25.8 Å². The lowest BCUT2D eigenvalue weighted by Crippen LogP contribution is -2.25. The summed E-state index contributed by atoms with van der Waals surface area (Å²) < 4.78 is 40.1. The number of rotatable bonds is 4. The van der Waals surface area contributed by atoms with E-state index in [1.54, 1.807) is 4.68 Å². The van der Waals surface area contributed by atoms with Crippen LogP contribution in [0.15, 0.2) is 12.1 Å². The summed E-state index contributed by atoms with van der Waals surface area (Å²) in [6.07, 6.45) is -4.48. The monoisotopic (exact) mass is 313 g/mol. The van der Waals surface area contributed by atoms with Gasteiger partial charge in [0.15, 0.2) is 0 Å². The van der Waals surface area contributed by atoms with Crippen LogP contribution in [-0.2, 0) is 12.7 Å². The molecule has 8 heteroatoms. The molecule has 0 radical (unpaired) electrons. The fourth-order valence-corrected chi connectivity index (χ4v) is 2.16. The van der Waals surface area contributed by atoms with E-state index < -0.39 is 11.9 Å². The highest BCUT2D eigenvalue weighted by atomic mass is 19.4. The van der Waals surface area contributed by atoms with Gasteiger partial charge in [-0.3, -0.25) is 4.68 Å². The molecule has 0 aliphatic carbocycles. The average Bonchev–Trinajstić information content (AvgIpc) is 2.65. The number of hydrogen-bond acceptors (Lipinski definition) is 4. The third-order valence-electron chi connectivity index (χ3n) is 3.07. The van der Waals surface area contributed by atoms with Crippen LogP contribution in [0.5, 0.6) is 0 Å². The van der Waals surface area contributed by atoms with Crippen LogP contribution in [0.1, 0.15) is 29.7 Å². The molecule has 120 valence electrons. The minimum atomic E-state index is -4.48. The Morgan fingerprint density at radius 1 is 1.14 bits per heavy atom. The number of aryl methyl sites for hydroxylation is 3. The van der Waals surface area contributed by atoms with Gasteiger partial charge in [-0.25, -0.2) is 9.97 Å². The zero-order chi connectivity index (χ0) is 16.5. The first-order chi connectivity index (χ1) is 10.1. The number of aromatic nitrogens is 4. The van der Waals surface area contributed by atoms with Crippen molar-refractivity contribution < 1.29 is 13.2 Å². The minimum Gasteiger partial charge on any atom is -0.350 e. The Kier molecular flexibility index (Phi) is 4.39. The molecule has 0 bridgehead atoms. The van der Waals surface area contributed by atoms with Crippen molar-refractivity contribution in [2.75, 3.05) is 5.32 Å². The van der Waals surface area contributed by atoms with Gasteiger partial charge in [0.05, 0.1) is 12.2 Å². The Bertz CT molecular complexity index is 663. The number of anilines is 1. The van der Waals surface area contributed by atoms with Crippen LogP contribution < -0.4 is 5.32 Å². The molecule has 0 saturated heterocycles. The van der Waals surface area contributed by atoms with Crippen molar-refractivity contribution in [2.45, 2.75) is 46.5 Å². The van der Waals surface area contributed by atoms with Gasteiger partial charge >= 0.3 is 6.18 Å². The van der Waals surface area contributed by atoms with Crippen LogP contribution in [0.4, 0.5) is 19.1 Å². The highest BCUT2D eigenvalue weighted by Gasteiger charge is 2.33. The van der Waals surface area contributed by atoms with Crippen LogP contribution in [0, 0.1) is 20.8 Å². The van der Waals surface area contributed by atoms with E-state index in [4.69, 9.17) is 0 Å². The predicted octanol–water partition coefficient (Wildman–Crippen LogP) is 3.12. The van der Waals surface area contributed by atoms with Gasteiger partial charge in [-0.2, -0.15) is 18.3 Å². The average molecular weight is 313 g/mol. The third kappa shape index (κ3) is 3.96. The summed E-state index contributed by atoms with van der Waals surface area (Å²) in [4.78, 5) is 7.54. The molecule has 1 N–H and O–H groups in total. The Hall–Kier alpha value is -2.12. The molecular weight excluding hydrogens is 295 g/mol. The molecular formula is C14H18F3N5. The van der Waals surface area contributed by atoms with Crippen LogP contribution >= 0.6 is 0 Å². The van der Waals surface area contributed by atoms with Gasteiger partial charge in [-0.15, -0.1) is 0 Å². The maximum absolute atomic E-state index is 12.8. The first-order valence-corrected chi connectivity index (χ1v) is 6.85. The summed E-state index contributed by atoms with van der Waals surface area (Å²) >= 11 is 0. The van der Waals surface area contributed by atoms with Crippen molar-refractivity contribution in [1.82, 2.24) is 19.7 Å². The first kappa shape index (κ1) is 16.3. The molecule has 1 atom stereocenters. The van der Waals surface area contributed by atoms with Crippen molar-refractivity contribution in [3.8, 4) is 0 Å². The summed E-state index contributed by atoms with van der Waals surface area (Å²) in [6.45, 7) is 7.68. The topological polar surface area (TPSA) is 55.6 Å². The zero-order valence-corrected chi connectivity index (χ0v) is 12.9. The molecule has 0 aliphatic heterocycles. The molecule has 5 nitrogen and oxygen atoms in total. The maximum Gasteiger partial charge on any atom is 0.433 e. The molecule has 2 heterocycles. The molecule has 0 saturated carbocycles. The Labute approximate surface area is 126 Å². The van der Waals surface area contributed by atoms with Crippen LogP contribution in [0.2, 0.25) is 0 Å². The molecule has 0 spiro atoms. The first-order valence-electron chi connectivity index (χ1n) is 6.85. The van der Waals surface area contributed by atoms with Crippen LogP contribution in [0.25, 0.3) is 0 Å². The molecule has 0 aliphatic rings. The molecule has 22 heavy (non-hydrogen) atoms. The minimum absolute atomic E-state index is 0.0265. The van der Waals surface area contributed by atoms with E-state index in [2.05, 4.69) is 20.4 Å². The second-order valence-corrected chi connectivity index (χ2v) is 5.37. The summed E-state index contributed by atoms with van der Waals surface area (Å²) in [7, 11) is 0. The number of nitrogens with one attached hydrogen (secondary N) is 1. The van der Waals surface area contributed by atoms with Crippen molar-refractivity contribution >= 4 is 5.95 Å². The lowest BCUT2D eigenvalue weighted by atomic mass is 10.3. The smallest absolute Gasteiger partial charge is 0.350 e. The normalized spacial score (nSPS) is 13.2. The van der Waals surface area contributed by atoms with E-state index in [1.807, 2.05) is 26.8 Å². The summed E-state index contributed by atoms with van der Waals surface area (Å²) in [5, 5.41) is 7.22. The molecule has 0 fully saturated rings. The standard InChI is InChI=1S/C14H18F3N5/c1-8-6-12(14(15,16)17)20-13(18-8)19-10(3)7-22-11(4)5-9(2)21-22/h5-6,10H,7H2,1-4H3,(H,18,19,20). The van der Waals surface area contributed by atoms with Crippen LogP contribution in [0.3, 0.4) is 0 Å². The zero-order valence-electron chi connectivity index (χ0n) is 12.9. The van der Waals surface area contributed by atoms with Gasteiger partial charge in [0, 0.05) is 17.4 Å². The Morgan fingerprint density at radius 3 is 2.36 bits per heavy atom. The molecule has 0 aromatic carbocycles. The molecule has 2 aromatic rings. The number of alkyl halides is 3. The highest BCUT2D eigenvalue weighted by molar-refractivity contribution is 5.30. The van der Waals surface area contributed by atoms with E-state index in [9.17, 15) is 13.2 Å². The van der Waals surface area contributed by atoms with Gasteiger partial charge in [-0.05, 0) is 39.8 Å². The lowest BCUT2D eigenvalue weighted by Gasteiger charge is -2.16. The fourth-order valence-electron chi connectivity index (χ4n) is 2.16. The Balaban J connectivity index is 2.13. The maximum atomic E-state index is 12.8. The van der Waals surface area contributed by atoms with Gasteiger partial charge in [0.1, 0.15) is 5.69 Å². The second kappa shape index (κ2) is 5.94. The SMILES string of the molecule is Cc1cc(C(F)(F)F)nc(NC(C)Cn2nc(C)cc2C)n1. The Morgan fingerprint density at radius 2 is 1.82 bits per heavy atom. The number of halogens is 3.